The summed E-state index contributed by atoms with van der Waals surface area (Å²) < 4.78 is 44.9. The van der Waals surface area contributed by atoms with E-state index in [4.69, 9.17) is 4.74 Å². The summed E-state index contributed by atoms with van der Waals surface area (Å²) in [7, 11) is -2.01. The van der Waals surface area contributed by atoms with Crippen LogP contribution in [0.25, 0.3) is 11.1 Å². The lowest BCUT2D eigenvalue weighted by Gasteiger charge is -2.14. The molecule has 0 N–H and O–H groups in total. The zero-order chi connectivity index (χ0) is 17.5. The maximum atomic E-state index is 14.4. The van der Waals surface area contributed by atoms with Gasteiger partial charge in [-0.25, -0.2) is 12.8 Å². The van der Waals surface area contributed by atoms with E-state index in [0.717, 1.165) is 23.7 Å². The number of aromatic nitrogens is 1. The topological polar surface area (TPSA) is 65.4 Å². The second-order valence-corrected chi connectivity index (χ2v) is 8.16. The van der Waals surface area contributed by atoms with Gasteiger partial charge in [-0.15, -0.1) is 0 Å². The van der Waals surface area contributed by atoms with Crippen LogP contribution in [0.3, 0.4) is 0 Å². The van der Waals surface area contributed by atoms with Crippen LogP contribution in [0.1, 0.15) is 12.8 Å². The zero-order valence-electron chi connectivity index (χ0n) is 13.5. The van der Waals surface area contributed by atoms with Gasteiger partial charge in [-0.3, -0.25) is 4.79 Å². The van der Waals surface area contributed by atoms with Crippen molar-refractivity contribution in [1.82, 2.24) is 4.57 Å². The van der Waals surface area contributed by atoms with Crippen molar-refractivity contribution in [2.75, 3.05) is 12.9 Å². The molecule has 0 aliphatic heterocycles. The number of rotatable bonds is 5. The molecule has 2 aromatic rings. The first-order valence-electron chi connectivity index (χ1n) is 7.60. The Kier molecular flexibility index (Phi) is 4.21. The molecule has 128 valence electrons. The van der Waals surface area contributed by atoms with E-state index in [1.807, 2.05) is 0 Å². The van der Waals surface area contributed by atoms with Gasteiger partial charge in [0.25, 0.3) is 5.56 Å². The van der Waals surface area contributed by atoms with Gasteiger partial charge < -0.3 is 9.30 Å². The number of benzene rings is 1. The second kappa shape index (κ2) is 6.05. The molecule has 7 heteroatoms. The molecule has 1 aromatic heterocycles. The molecule has 1 aliphatic carbocycles. The molecule has 3 rings (SSSR count). The maximum absolute atomic E-state index is 14.4. The predicted molar refractivity (Wildman–Crippen MR) is 88.4 cm³/mol. The SMILES string of the molecule is Cn1ccc(-c2cc(S(C)(=O)=O)ccc2OCC2CC2)c(F)c1=O. The monoisotopic (exact) mass is 351 g/mol. The third-order valence-electron chi connectivity index (χ3n) is 4.05. The van der Waals surface area contributed by atoms with E-state index in [0.29, 0.717) is 18.3 Å². The Bertz CT molecular complexity index is 946. The van der Waals surface area contributed by atoms with Crippen molar-refractivity contribution >= 4 is 9.84 Å². The van der Waals surface area contributed by atoms with Crippen molar-refractivity contribution in [2.45, 2.75) is 17.7 Å². The van der Waals surface area contributed by atoms with Gasteiger partial charge in [-0.1, -0.05) is 0 Å². The Morgan fingerprint density at radius 1 is 1.25 bits per heavy atom. The first kappa shape index (κ1) is 16.7. The summed E-state index contributed by atoms with van der Waals surface area (Å²) in [6.45, 7) is 0.498. The number of hydrogen-bond donors (Lipinski definition) is 0. The highest BCUT2D eigenvalue weighted by Crippen LogP contribution is 2.35. The molecule has 0 spiro atoms. The fourth-order valence-corrected chi connectivity index (χ4v) is 3.02. The van der Waals surface area contributed by atoms with Crippen LogP contribution in [-0.2, 0) is 16.9 Å². The fraction of sp³-hybridized carbons (Fsp3) is 0.353. The minimum atomic E-state index is -3.46. The minimum absolute atomic E-state index is 0.0365. The van der Waals surface area contributed by atoms with Crippen molar-refractivity contribution in [2.24, 2.45) is 13.0 Å². The number of pyridine rings is 1. The Hall–Kier alpha value is -2.15. The molecule has 1 aliphatic rings. The largest absolute Gasteiger partial charge is 0.493 e. The van der Waals surface area contributed by atoms with Gasteiger partial charge in [0.15, 0.2) is 15.7 Å². The summed E-state index contributed by atoms with van der Waals surface area (Å²) in [6, 6.07) is 5.75. The first-order valence-corrected chi connectivity index (χ1v) is 9.49. The van der Waals surface area contributed by atoms with Crippen molar-refractivity contribution in [3.63, 3.8) is 0 Å². The number of aryl methyl sites for hydroxylation is 1. The quantitative estimate of drug-likeness (QED) is 0.830. The second-order valence-electron chi connectivity index (χ2n) is 6.14. The maximum Gasteiger partial charge on any atom is 0.286 e. The number of sulfone groups is 1. The minimum Gasteiger partial charge on any atom is -0.493 e. The highest BCUT2D eigenvalue weighted by Gasteiger charge is 2.24. The highest BCUT2D eigenvalue weighted by molar-refractivity contribution is 7.90. The lowest BCUT2D eigenvalue weighted by Crippen LogP contribution is -2.20. The van der Waals surface area contributed by atoms with Gasteiger partial charge in [0.2, 0.25) is 0 Å². The zero-order valence-corrected chi connectivity index (χ0v) is 14.3. The van der Waals surface area contributed by atoms with Crippen LogP contribution in [-0.4, -0.2) is 25.8 Å². The average Bonchev–Trinajstić information content (AvgIpc) is 3.34. The van der Waals surface area contributed by atoms with Crippen LogP contribution >= 0.6 is 0 Å². The van der Waals surface area contributed by atoms with Gasteiger partial charge in [0, 0.05) is 30.6 Å². The summed E-state index contributed by atoms with van der Waals surface area (Å²) in [4.78, 5) is 11.9. The number of ether oxygens (including phenoxy) is 1. The molecular formula is C17H18FNO4S. The molecule has 1 heterocycles. The number of nitrogens with zero attached hydrogens (tertiary/aromatic N) is 1. The molecule has 0 bridgehead atoms. The summed E-state index contributed by atoms with van der Waals surface area (Å²) >= 11 is 0. The van der Waals surface area contributed by atoms with Crippen molar-refractivity contribution < 1.29 is 17.5 Å². The van der Waals surface area contributed by atoms with Gasteiger partial charge in [0.05, 0.1) is 11.5 Å². The Morgan fingerprint density at radius 3 is 2.58 bits per heavy atom. The third kappa shape index (κ3) is 3.36. The van der Waals surface area contributed by atoms with E-state index < -0.39 is 21.2 Å². The van der Waals surface area contributed by atoms with Gasteiger partial charge in [0.1, 0.15) is 5.75 Å². The summed E-state index contributed by atoms with van der Waals surface area (Å²) in [6.07, 6.45) is 4.71. The van der Waals surface area contributed by atoms with Crippen LogP contribution in [0, 0.1) is 11.7 Å². The van der Waals surface area contributed by atoms with Crippen LogP contribution < -0.4 is 10.3 Å². The molecule has 0 saturated heterocycles. The van der Waals surface area contributed by atoms with E-state index in [2.05, 4.69) is 0 Å². The summed E-state index contributed by atoms with van der Waals surface area (Å²) in [5.74, 6) is -0.0655. The molecule has 5 nitrogen and oxygen atoms in total. The van der Waals surface area contributed by atoms with Gasteiger partial charge in [-0.2, -0.15) is 0 Å². The van der Waals surface area contributed by atoms with Crippen LogP contribution in [0.4, 0.5) is 4.39 Å². The lowest BCUT2D eigenvalue weighted by atomic mass is 10.1. The smallest absolute Gasteiger partial charge is 0.286 e. The highest BCUT2D eigenvalue weighted by atomic mass is 32.2. The van der Waals surface area contributed by atoms with Crippen LogP contribution in [0.15, 0.2) is 40.2 Å². The van der Waals surface area contributed by atoms with Crippen molar-refractivity contribution in [3.8, 4) is 16.9 Å². The Labute approximate surface area is 139 Å². The van der Waals surface area contributed by atoms with Crippen molar-refractivity contribution in [1.29, 1.82) is 0 Å². The van der Waals surface area contributed by atoms with Gasteiger partial charge in [-0.05, 0) is 43.0 Å². The molecule has 0 radical (unpaired) electrons. The van der Waals surface area contributed by atoms with E-state index in [-0.39, 0.29) is 16.0 Å². The number of halogens is 1. The summed E-state index contributed by atoms with van der Waals surface area (Å²) in [5.41, 5.74) is -0.464. The molecule has 0 amide bonds. The molecule has 0 unspecified atom stereocenters. The standard InChI is InChI=1S/C17H18FNO4S/c1-19-8-7-13(16(18)17(19)20)14-9-12(24(2,21)22)5-6-15(14)23-10-11-3-4-11/h5-9,11H,3-4,10H2,1-2H3. The Balaban J connectivity index is 2.14. The van der Waals surface area contributed by atoms with E-state index >= 15 is 0 Å². The molecule has 1 fully saturated rings. The third-order valence-corrected chi connectivity index (χ3v) is 5.16. The van der Waals surface area contributed by atoms with Crippen molar-refractivity contribution in [3.05, 3.63) is 46.6 Å². The molecular weight excluding hydrogens is 333 g/mol. The van der Waals surface area contributed by atoms with Crippen LogP contribution in [0.2, 0.25) is 0 Å². The molecule has 24 heavy (non-hydrogen) atoms. The molecule has 0 atom stereocenters. The summed E-state index contributed by atoms with van der Waals surface area (Å²) in [5, 5.41) is 0. The lowest BCUT2D eigenvalue weighted by molar-refractivity contribution is 0.300. The van der Waals surface area contributed by atoms with E-state index in [1.165, 1.54) is 37.5 Å². The molecule has 1 saturated carbocycles. The first-order chi connectivity index (χ1) is 11.3. The molecule has 1 aromatic carbocycles. The average molecular weight is 351 g/mol. The van der Waals surface area contributed by atoms with E-state index in [9.17, 15) is 17.6 Å². The fourth-order valence-electron chi connectivity index (χ4n) is 2.37. The normalized spacial score (nSPS) is 14.6. The predicted octanol–water partition coefficient (Wildman–Crippen LogP) is 2.38. The Morgan fingerprint density at radius 2 is 1.96 bits per heavy atom. The van der Waals surface area contributed by atoms with Gasteiger partial charge >= 0.3 is 0 Å². The number of hydrogen-bond acceptors (Lipinski definition) is 4. The van der Waals surface area contributed by atoms with Crippen LogP contribution in [0.5, 0.6) is 5.75 Å². The van der Waals surface area contributed by atoms with E-state index in [1.54, 1.807) is 0 Å².